The molecule has 1 heterocycles. The molecule has 1 aliphatic heterocycles. The Morgan fingerprint density at radius 2 is 1.52 bits per heavy atom. The molecule has 0 spiro atoms. The number of nitrogens with zero attached hydrogens (tertiary/aromatic N) is 2. The number of likely N-dealkylation sites (N-methyl/N-ethyl adjacent to an activating group) is 1. The number of carboxylic acids is 2. The van der Waals surface area contributed by atoms with Crippen LogP contribution >= 0.6 is 0 Å². The maximum Gasteiger partial charge on any atom is 0.335 e. The molecular weight excluding hydrogens is 296 g/mol. The molecule has 0 unspecified atom stereocenters. The highest BCUT2D eigenvalue weighted by Gasteiger charge is 2.13. The summed E-state index contributed by atoms with van der Waals surface area (Å²) in [5, 5.41) is 17.4. The standard InChI is InChI=1S/C9H8O4.C8H18N2/c1-5-6(8(10)11)3-2-4-7(5)9(12)13;1-3-4-10-7-5-9(2)6-8-10/h2-4H,1H3,(H,10,11)(H,12,13);3-8H2,1-2H3. The molecule has 2 N–H and O–H groups in total. The lowest BCUT2D eigenvalue weighted by Gasteiger charge is -2.31. The van der Waals surface area contributed by atoms with Crippen molar-refractivity contribution in [3.63, 3.8) is 0 Å². The zero-order chi connectivity index (χ0) is 17.4. The predicted molar refractivity (Wildman–Crippen MR) is 89.3 cm³/mol. The zero-order valence-corrected chi connectivity index (χ0v) is 14.1. The number of piperazine rings is 1. The summed E-state index contributed by atoms with van der Waals surface area (Å²) in [6, 6.07) is 4.17. The number of rotatable bonds is 4. The van der Waals surface area contributed by atoms with E-state index in [2.05, 4.69) is 23.8 Å². The minimum Gasteiger partial charge on any atom is -0.478 e. The second kappa shape index (κ2) is 9.27. The van der Waals surface area contributed by atoms with E-state index in [1.165, 1.54) is 64.3 Å². The molecule has 1 aromatic carbocycles. The minimum absolute atomic E-state index is 0.0277. The van der Waals surface area contributed by atoms with Crippen LogP contribution < -0.4 is 0 Å². The molecule has 128 valence electrons. The lowest BCUT2D eigenvalue weighted by atomic mass is 10.0. The van der Waals surface area contributed by atoms with Crippen molar-refractivity contribution in [2.75, 3.05) is 39.8 Å². The van der Waals surface area contributed by atoms with Gasteiger partial charge in [0.25, 0.3) is 0 Å². The van der Waals surface area contributed by atoms with E-state index >= 15 is 0 Å². The van der Waals surface area contributed by atoms with Gasteiger partial charge in [-0.25, -0.2) is 9.59 Å². The van der Waals surface area contributed by atoms with E-state index in [1.807, 2.05) is 0 Å². The predicted octanol–water partition coefficient (Wildman–Crippen LogP) is 2.04. The second-order valence-electron chi connectivity index (χ2n) is 5.73. The largest absolute Gasteiger partial charge is 0.478 e. The van der Waals surface area contributed by atoms with E-state index in [0.717, 1.165) is 0 Å². The molecule has 0 aliphatic carbocycles. The van der Waals surface area contributed by atoms with Crippen LogP contribution in [-0.2, 0) is 0 Å². The van der Waals surface area contributed by atoms with Crippen molar-refractivity contribution in [1.82, 2.24) is 9.80 Å². The first-order valence-electron chi connectivity index (χ1n) is 7.83. The molecule has 0 saturated carbocycles. The number of carboxylic acid groups (broad SMARTS) is 2. The van der Waals surface area contributed by atoms with E-state index in [-0.39, 0.29) is 16.7 Å². The summed E-state index contributed by atoms with van der Waals surface area (Å²) < 4.78 is 0. The van der Waals surface area contributed by atoms with Crippen LogP contribution in [-0.4, -0.2) is 71.7 Å². The Morgan fingerprint density at radius 1 is 1.04 bits per heavy atom. The summed E-state index contributed by atoms with van der Waals surface area (Å²) in [5.41, 5.74) is 0.335. The number of carbonyl (C=O) groups is 2. The summed E-state index contributed by atoms with van der Waals surface area (Å²) in [6.45, 7) is 10.0. The van der Waals surface area contributed by atoms with Crippen molar-refractivity contribution >= 4 is 11.9 Å². The quantitative estimate of drug-likeness (QED) is 0.883. The molecule has 0 aromatic heterocycles. The highest BCUT2D eigenvalue weighted by Crippen LogP contribution is 2.13. The molecule has 1 aromatic rings. The fourth-order valence-electron chi connectivity index (χ4n) is 2.49. The molecule has 0 amide bonds. The third-order valence-corrected chi connectivity index (χ3v) is 3.93. The maximum absolute atomic E-state index is 10.6. The number of benzene rings is 1. The first-order valence-corrected chi connectivity index (χ1v) is 7.83. The first kappa shape index (κ1) is 19.1. The number of hydrogen-bond donors (Lipinski definition) is 2. The molecule has 1 saturated heterocycles. The van der Waals surface area contributed by atoms with Gasteiger partial charge in [0, 0.05) is 26.2 Å². The Hall–Kier alpha value is -1.92. The van der Waals surface area contributed by atoms with Crippen LogP contribution in [0.4, 0.5) is 0 Å². The van der Waals surface area contributed by atoms with Crippen molar-refractivity contribution in [1.29, 1.82) is 0 Å². The third-order valence-electron chi connectivity index (χ3n) is 3.93. The Morgan fingerprint density at radius 3 is 1.91 bits per heavy atom. The topological polar surface area (TPSA) is 81.1 Å². The van der Waals surface area contributed by atoms with Gasteiger partial charge in [0.05, 0.1) is 11.1 Å². The Kier molecular flexibility index (Phi) is 7.71. The van der Waals surface area contributed by atoms with Crippen LogP contribution in [0.1, 0.15) is 39.6 Å². The van der Waals surface area contributed by atoms with Gasteiger partial charge in [0.1, 0.15) is 0 Å². The van der Waals surface area contributed by atoms with E-state index in [9.17, 15) is 9.59 Å². The summed E-state index contributed by atoms with van der Waals surface area (Å²) in [6.07, 6.45) is 1.30. The van der Waals surface area contributed by atoms with Crippen LogP contribution in [0.15, 0.2) is 18.2 Å². The molecule has 6 nitrogen and oxygen atoms in total. The van der Waals surface area contributed by atoms with Crippen LogP contribution in [0, 0.1) is 6.92 Å². The van der Waals surface area contributed by atoms with Gasteiger partial charge < -0.3 is 20.0 Å². The van der Waals surface area contributed by atoms with E-state index in [4.69, 9.17) is 10.2 Å². The second-order valence-corrected chi connectivity index (χ2v) is 5.73. The lowest BCUT2D eigenvalue weighted by molar-refractivity contribution is 0.0696. The zero-order valence-electron chi connectivity index (χ0n) is 14.1. The van der Waals surface area contributed by atoms with Crippen LogP contribution in [0.25, 0.3) is 0 Å². The van der Waals surface area contributed by atoms with Gasteiger partial charge >= 0.3 is 11.9 Å². The lowest BCUT2D eigenvalue weighted by Crippen LogP contribution is -2.44. The summed E-state index contributed by atoms with van der Waals surface area (Å²) >= 11 is 0. The minimum atomic E-state index is -1.11. The van der Waals surface area contributed by atoms with Gasteiger partial charge in [0.15, 0.2) is 0 Å². The SMILES string of the molecule is CCCN1CCN(C)CC1.Cc1c(C(=O)O)cccc1C(=O)O. The fraction of sp³-hybridized carbons (Fsp3) is 0.529. The molecule has 2 rings (SSSR count). The first-order chi connectivity index (χ1) is 10.9. The monoisotopic (exact) mass is 322 g/mol. The number of aromatic carboxylic acids is 2. The highest BCUT2D eigenvalue weighted by molar-refractivity contribution is 5.96. The molecule has 6 heteroatoms. The van der Waals surface area contributed by atoms with Crippen molar-refractivity contribution in [3.05, 3.63) is 34.9 Å². The van der Waals surface area contributed by atoms with Crippen LogP contribution in [0.3, 0.4) is 0 Å². The smallest absolute Gasteiger partial charge is 0.335 e. The third kappa shape index (κ3) is 6.00. The Balaban J connectivity index is 0.000000238. The van der Waals surface area contributed by atoms with Gasteiger partial charge in [-0.2, -0.15) is 0 Å². The van der Waals surface area contributed by atoms with E-state index in [1.54, 1.807) is 0 Å². The molecule has 23 heavy (non-hydrogen) atoms. The van der Waals surface area contributed by atoms with Gasteiger partial charge in [-0.15, -0.1) is 0 Å². The van der Waals surface area contributed by atoms with Crippen molar-refractivity contribution in [2.45, 2.75) is 20.3 Å². The van der Waals surface area contributed by atoms with Crippen LogP contribution in [0.2, 0.25) is 0 Å². The maximum atomic E-state index is 10.6. The molecular formula is C17H26N2O4. The van der Waals surface area contributed by atoms with E-state index < -0.39 is 11.9 Å². The van der Waals surface area contributed by atoms with Crippen molar-refractivity contribution in [3.8, 4) is 0 Å². The van der Waals surface area contributed by atoms with Gasteiger partial charge in [0.2, 0.25) is 0 Å². The normalized spacial score (nSPS) is 15.6. The van der Waals surface area contributed by atoms with Gasteiger partial charge in [-0.05, 0) is 44.6 Å². The molecule has 0 radical (unpaired) electrons. The van der Waals surface area contributed by atoms with Crippen LogP contribution in [0.5, 0.6) is 0 Å². The summed E-state index contributed by atoms with van der Waals surface area (Å²) in [5.74, 6) is -2.22. The molecule has 0 atom stereocenters. The fourth-order valence-corrected chi connectivity index (χ4v) is 2.49. The summed E-state index contributed by atoms with van der Waals surface area (Å²) in [4.78, 5) is 26.1. The van der Waals surface area contributed by atoms with Gasteiger partial charge in [-0.1, -0.05) is 13.0 Å². The summed E-state index contributed by atoms with van der Waals surface area (Å²) in [7, 11) is 2.20. The molecule has 1 aliphatic rings. The van der Waals surface area contributed by atoms with Crippen molar-refractivity contribution in [2.24, 2.45) is 0 Å². The Bertz CT molecular complexity index is 505. The average molecular weight is 322 g/mol. The average Bonchev–Trinajstić information content (AvgIpc) is 2.50. The van der Waals surface area contributed by atoms with Gasteiger partial charge in [-0.3, -0.25) is 0 Å². The Labute approximate surface area is 137 Å². The highest BCUT2D eigenvalue weighted by atomic mass is 16.4. The molecule has 1 fully saturated rings. The van der Waals surface area contributed by atoms with E-state index in [0.29, 0.717) is 0 Å². The number of hydrogen-bond acceptors (Lipinski definition) is 4. The van der Waals surface area contributed by atoms with Crippen molar-refractivity contribution < 1.29 is 19.8 Å². The molecule has 0 bridgehead atoms.